The van der Waals surface area contributed by atoms with E-state index in [1.54, 1.807) is 11.1 Å². The molecule has 0 unspecified atom stereocenters. The Morgan fingerprint density at radius 2 is 1.90 bits per heavy atom. The maximum atomic E-state index is 11.0. The van der Waals surface area contributed by atoms with Crippen LogP contribution in [0.3, 0.4) is 0 Å². The highest BCUT2D eigenvalue weighted by Gasteiger charge is 2.42. The minimum atomic E-state index is -0.187. The van der Waals surface area contributed by atoms with Crippen LogP contribution in [-0.2, 0) is 9.53 Å². The lowest BCUT2D eigenvalue weighted by atomic mass is 9.58. The SMILES string of the molecule is C=C1CCC2=C(CCCC2(C)C)[C@]1(C)CCOC(C)=O. The van der Waals surface area contributed by atoms with Crippen LogP contribution in [0.25, 0.3) is 0 Å². The van der Waals surface area contributed by atoms with Gasteiger partial charge in [-0.2, -0.15) is 0 Å². The molecule has 0 saturated heterocycles. The molecule has 0 amide bonds. The summed E-state index contributed by atoms with van der Waals surface area (Å²) in [5.74, 6) is -0.187. The summed E-state index contributed by atoms with van der Waals surface area (Å²) in [7, 11) is 0. The van der Waals surface area contributed by atoms with Gasteiger partial charge in [-0.05, 0) is 43.9 Å². The highest BCUT2D eigenvalue weighted by atomic mass is 16.5. The van der Waals surface area contributed by atoms with Crippen molar-refractivity contribution in [2.45, 2.75) is 66.2 Å². The van der Waals surface area contributed by atoms with E-state index in [9.17, 15) is 4.79 Å². The lowest BCUT2D eigenvalue weighted by molar-refractivity contribution is -0.141. The monoisotopic (exact) mass is 276 g/mol. The molecule has 0 spiro atoms. The maximum Gasteiger partial charge on any atom is 0.302 e. The Bertz CT molecular complexity index is 456. The Kier molecular flexibility index (Phi) is 4.13. The zero-order valence-electron chi connectivity index (χ0n) is 13.5. The van der Waals surface area contributed by atoms with E-state index in [4.69, 9.17) is 4.74 Å². The quantitative estimate of drug-likeness (QED) is 0.546. The number of hydrogen-bond donors (Lipinski definition) is 0. The van der Waals surface area contributed by atoms with Gasteiger partial charge in [-0.1, -0.05) is 44.1 Å². The summed E-state index contributed by atoms with van der Waals surface area (Å²) in [5.41, 5.74) is 4.93. The van der Waals surface area contributed by atoms with Crippen molar-refractivity contribution in [1.82, 2.24) is 0 Å². The van der Waals surface area contributed by atoms with Gasteiger partial charge in [0.05, 0.1) is 6.61 Å². The molecule has 0 N–H and O–H groups in total. The van der Waals surface area contributed by atoms with E-state index in [0.717, 1.165) is 12.8 Å². The number of rotatable bonds is 3. The van der Waals surface area contributed by atoms with Crippen LogP contribution in [0.15, 0.2) is 23.3 Å². The predicted molar refractivity (Wildman–Crippen MR) is 82.4 cm³/mol. The normalized spacial score (nSPS) is 29.1. The molecule has 0 aromatic heterocycles. The van der Waals surface area contributed by atoms with Gasteiger partial charge in [0, 0.05) is 12.3 Å². The summed E-state index contributed by atoms with van der Waals surface area (Å²) in [4.78, 5) is 11.0. The lowest BCUT2D eigenvalue weighted by Gasteiger charge is -2.47. The molecule has 0 aromatic rings. The molecule has 0 fully saturated rings. The van der Waals surface area contributed by atoms with Crippen LogP contribution in [0.2, 0.25) is 0 Å². The van der Waals surface area contributed by atoms with Crippen LogP contribution in [0.4, 0.5) is 0 Å². The Labute approximate surface area is 123 Å². The van der Waals surface area contributed by atoms with Gasteiger partial charge in [-0.25, -0.2) is 0 Å². The van der Waals surface area contributed by atoms with Gasteiger partial charge in [-0.3, -0.25) is 4.79 Å². The number of ether oxygens (including phenoxy) is 1. The van der Waals surface area contributed by atoms with Crippen molar-refractivity contribution in [2.75, 3.05) is 6.61 Å². The average molecular weight is 276 g/mol. The van der Waals surface area contributed by atoms with Crippen LogP contribution in [0, 0.1) is 10.8 Å². The third kappa shape index (κ3) is 2.70. The average Bonchev–Trinajstić information content (AvgIpc) is 2.33. The Balaban J connectivity index is 2.28. The van der Waals surface area contributed by atoms with Gasteiger partial charge in [-0.15, -0.1) is 0 Å². The maximum absolute atomic E-state index is 11.0. The van der Waals surface area contributed by atoms with Gasteiger partial charge in [0.15, 0.2) is 0 Å². The molecule has 2 nitrogen and oxygen atoms in total. The molecule has 2 rings (SSSR count). The molecule has 20 heavy (non-hydrogen) atoms. The Morgan fingerprint density at radius 3 is 2.55 bits per heavy atom. The number of hydrogen-bond acceptors (Lipinski definition) is 2. The second-order valence-corrected chi connectivity index (χ2v) is 7.22. The molecule has 2 aliphatic rings. The van der Waals surface area contributed by atoms with Crippen LogP contribution in [0.5, 0.6) is 0 Å². The molecular formula is C18H28O2. The summed E-state index contributed by atoms with van der Waals surface area (Å²) in [6, 6.07) is 0. The van der Waals surface area contributed by atoms with Crippen molar-refractivity contribution in [3.05, 3.63) is 23.3 Å². The highest BCUT2D eigenvalue weighted by molar-refractivity contribution is 5.65. The van der Waals surface area contributed by atoms with Crippen LogP contribution < -0.4 is 0 Å². The number of esters is 1. The zero-order valence-corrected chi connectivity index (χ0v) is 13.5. The summed E-state index contributed by atoms with van der Waals surface area (Å²) < 4.78 is 5.19. The highest BCUT2D eigenvalue weighted by Crippen LogP contribution is 2.55. The third-order valence-corrected chi connectivity index (χ3v) is 5.44. The molecule has 0 bridgehead atoms. The molecule has 0 saturated carbocycles. The predicted octanol–water partition coefficient (Wildman–Crippen LogP) is 4.80. The first kappa shape index (κ1) is 15.3. The Morgan fingerprint density at radius 1 is 1.20 bits per heavy atom. The van der Waals surface area contributed by atoms with E-state index in [0.29, 0.717) is 12.0 Å². The Hall–Kier alpha value is -1.05. The molecule has 0 radical (unpaired) electrons. The third-order valence-electron chi connectivity index (χ3n) is 5.44. The van der Waals surface area contributed by atoms with E-state index in [1.165, 1.54) is 38.2 Å². The molecule has 112 valence electrons. The van der Waals surface area contributed by atoms with Crippen LogP contribution in [-0.4, -0.2) is 12.6 Å². The number of carbonyl (C=O) groups excluding carboxylic acids is 1. The van der Waals surface area contributed by atoms with E-state index in [1.807, 2.05) is 0 Å². The standard InChI is InChI=1S/C18H28O2/c1-13-8-9-15-16(7-6-10-17(15,3)4)18(13,5)11-12-20-14(2)19/h1,6-12H2,2-5H3/t18-/m1/s1. The summed E-state index contributed by atoms with van der Waals surface area (Å²) >= 11 is 0. The first-order valence-electron chi connectivity index (χ1n) is 7.82. The fourth-order valence-corrected chi connectivity index (χ4v) is 4.01. The van der Waals surface area contributed by atoms with Crippen molar-refractivity contribution in [1.29, 1.82) is 0 Å². The molecule has 2 heteroatoms. The molecule has 2 aliphatic carbocycles. The second kappa shape index (κ2) is 5.38. The van der Waals surface area contributed by atoms with E-state index in [-0.39, 0.29) is 11.4 Å². The van der Waals surface area contributed by atoms with Crippen LogP contribution >= 0.6 is 0 Å². The van der Waals surface area contributed by atoms with Gasteiger partial charge in [0.2, 0.25) is 0 Å². The first-order valence-corrected chi connectivity index (χ1v) is 7.82. The van der Waals surface area contributed by atoms with E-state index in [2.05, 4.69) is 27.4 Å². The van der Waals surface area contributed by atoms with E-state index < -0.39 is 0 Å². The molecule has 0 aromatic carbocycles. The van der Waals surface area contributed by atoms with Gasteiger partial charge in [0.1, 0.15) is 0 Å². The molecule has 0 heterocycles. The summed E-state index contributed by atoms with van der Waals surface area (Å²) in [6.07, 6.45) is 6.87. The first-order chi connectivity index (χ1) is 9.27. The minimum absolute atomic E-state index is 0.0285. The van der Waals surface area contributed by atoms with Crippen molar-refractivity contribution in [2.24, 2.45) is 10.8 Å². The molecule has 0 aliphatic heterocycles. The zero-order chi connectivity index (χ0) is 15.0. The molecular weight excluding hydrogens is 248 g/mol. The minimum Gasteiger partial charge on any atom is -0.466 e. The molecule has 1 atom stereocenters. The largest absolute Gasteiger partial charge is 0.466 e. The second-order valence-electron chi connectivity index (χ2n) is 7.22. The van der Waals surface area contributed by atoms with Crippen molar-refractivity contribution < 1.29 is 9.53 Å². The number of allylic oxidation sites excluding steroid dienone is 3. The summed E-state index contributed by atoms with van der Waals surface area (Å²) in [6.45, 7) is 13.4. The van der Waals surface area contributed by atoms with Gasteiger partial charge >= 0.3 is 5.97 Å². The number of carbonyl (C=O) groups is 1. The summed E-state index contributed by atoms with van der Waals surface area (Å²) in [5, 5.41) is 0. The van der Waals surface area contributed by atoms with Gasteiger partial charge < -0.3 is 4.74 Å². The fraction of sp³-hybridized carbons (Fsp3) is 0.722. The smallest absolute Gasteiger partial charge is 0.302 e. The lowest BCUT2D eigenvalue weighted by Crippen LogP contribution is -2.35. The van der Waals surface area contributed by atoms with Crippen molar-refractivity contribution >= 4 is 5.97 Å². The van der Waals surface area contributed by atoms with Crippen molar-refractivity contribution in [3.8, 4) is 0 Å². The topological polar surface area (TPSA) is 26.3 Å². The fourth-order valence-electron chi connectivity index (χ4n) is 4.01. The van der Waals surface area contributed by atoms with Crippen LogP contribution in [0.1, 0.15) is 66.2 Å². The van der Waals surface area contributed by atoms with E-state index >= 15 is 0 Å². The van der Waals surface area contributed by atoms with Crippen molar-refractivity contribution in [3.63, 3.8) is 0 Å². The van der Waals surface area contributed by atoms with Gasteiger partial charge in [0.25, 0.3) is 0 Å².